The summed E-state index contributed by atoms with van der Waals surface area (Å²) in [5.74, 6) is -0.870. The number of alkyl halides is 2. The summed E-state index contributed by atoms with van der Waals surface area (Å²) in [6.07, 6.45) is 0. The van der Waals surface area contributed by atoms with Crippen LogP contribution < -0.4 is 14.2 Å². The second-order valence-corrected chi connectivity index (χ2v) is 4.97. The van der Waals surface area contributed by atoms with E-state index >= 15 is 0 Å². The number of esters is 1. The zero-order chi connectivity index (χ0) is 19.1. The van der Waals surface area contributed by atoms with E-state index in [1.807, 2.05) is 0 Å². The van der Waals surface area contributed by atoms with Crippen molar-refractivity contribution in [3.05, 3.63) is 53.6 Å². The number of halogens is 2. The third-order valence-corrected chi connectivity index (χ3v) is 3.36. The maximum atomic E-state index is 12.3. The van der Waals surface area contributed by atoms with E-state index in [0.29, 0.717) is 11.3 Å². The van der Waals surface area contributed by atoms with Crippen molar-refractivity contribution in [2.75, 3.05) is 20.8 Å². The highest BCUT2D eigenvalue weighted by molar-refractivity contribution is 5.99. The summed E-state index contributed by atoms with van der Waals surface area (Å²) < 4.78 is 43.7. The normalized spacial score (nSPS) is 10.3. The van der Waals surface area contributed by atoms with Gasteiger partial charge in [0.25, 0.3) is 0 Å². The summed E-state index contributed by atoms with van der Waals surface area (Å²) in [5, 5.41) is 0. The molecule has 0 amide bonds. The second kappa shape index (κ2) is 8.80. The van der Waals surface area contributed by atoms with E-state index in [9.17, 15) is 18.4 Å². The van der Waals surface area contributed by atoms with E-state index in [1.165, 1.54) is 26.4 Å². The van der Waals surface area contributed by atoms with E-state index in [0.717, 1.165) is 6.07 Å². The molecule has 0 fully saturated rings. The number of rotatable bonds is 8. The summed E-state index contributed by atoms with van der Waals surface area (Å²) in [7, 11) is 2.75. The van der Waals surface area contributed by atoms with Gasteiger partial charge in [-0.2, -0.15) is 8.78 Å². The monoisotopic (exact) mass is 366 g/mol. The van der Waals surface area contributed by atoms with Crippen molar-refractivity contribution in [2.24, 2.45) is 0 Å². The number of hydrogen-bond acceptors (Lipinski definition) is 6. The van der Waals surface area contributed by atoms with Crippen LogP contribution in [0.25, 0.3) is 0 Å². The van der Waals surface area contributed by atoms with E-state index in [4.69, 9.17) is 14.2 Å². The fourth-order valence-electron chi connectivity index (χ4n) is 2.06. The van der Waals surface area contributed by atoms with Crippen LogP contribution in [0, 0.1) is 0 Å². The first-order valence-electron chi connectivity index (χ1n) is 7.42. The molecule has 2 rings (SSSR count). The van der Waals surface area contributed by atoms with Gasteiger partial charge in [0.15, 0.2) is 23.9 Å². The van der Waals surface area contributed by atoms with Crippen LogP contribution in [0.15, 0.2) is 42.5 Å². The van der Waals surface area contributed by atoms with Crippen molar-refractivity contribution in [1.82, 2.24) is 0 Å². The number of hydrogen-bond donors (Lipinski definition) is 0. The first-order valence-corrected chi connectivity index (χ1v) is 7.42. The number of ether oxygens (including phenoxy) is 4. The van der Waals surface area contributed by atoms with Crippen molar-refractivity contribution >= 4 is 11.8 Å². The standard InChI is InChI=1S/C18H16F2O6/c1-23-13-6-3-11(4-7-13)14(21)10-25-17(22)12-5-8-15(26-18(19)20)16(9-12)24-2/h3-9,18H,10H2,1-2H3. The third kappa shape index (κ3) is 4.92. The highest BCUT2D eigenvalue weighted by Gasteiger charge is 2.16. The van der Waals surface area contributed by atoms with Gasteiger partial charge in [0.05, 0.1) is 19.8 Å². The van der Waals surface area contributed by atoms with Crippen LogP contribution in [0.1, 0.15) is 20.7 Å². The van der Waals surface area contributed by atoms with E-state index in [2.05, 4.69) is 4.74 Å². The van der Waals surface area contributed by atoms with Crippen LogP contribution in [0.2, 0.25) is 0 Å². The van der Waals surface area contributed by atoms with Crippen molar-refractivity contribution in [2.45, 2.75) is 6.61 Å². The lowest BCUT2D eigenvalue weighted by Crippen LogP contribution is -2.14. The zero-order valence-electron chi connectivity index (χ0n) is 14.0. The Morgan fingerprint density at radius 1 is 0.923 bits per heavy atom. The summed E-state index contributed by atoms with van der Waals surface area (Å²) in [4.78, 5) is 24.1. The van der Waals surface area contributed by atoms with Crippen LogP contribution in [0.3, 0.4) is 0 Å². The van der Waals surface area contributed by atoms with Crippen molar-refractivity contribution in [1.29, 1.82) is 0 Å². The van der Waals surface area contributed by atoms with Crippen molar-refractivity contribution < 1.29 is 37.3 Å². The number of ketones is 1. The Kier molecular flexibility index (Phi) is 6.48. The second-order valence-electron chi connectivity index (χ2n) is 4.97. The van der Waals surface area contributed by atoms with E-state index in [1.54, 1.807) is 24.3 Å². The summed E-state index contributed by atoms with van der Waals surface area (Å²) in [6.45, 7) is -3.49. The topological polar surface area (TPSA) is 71.1 Å². The molecule has 6 nitrogen and oxygen atoms in total. The summed E-state index contributed by atoms with van der Waals surface area (Å²) in [5.41, 5.74) is 0.392. The molecule has 0 aliphatic heterocycles. The molecule has 0 radical (unpaired) electrons. The minimum atomic E-state index is -3.02. The van der Waals surface area contributed by atoms with Crippen LogP contribution >= 0.6 is 0 Å². The number of carbonyl (C=O) groups excluding carboxylic acids is 2. The molecule has 26 heavy (non-hydrogen) atoms. The lowest BCUT2D eigenvalue weighted by molar-refractivity contribution is -0.0512. The number of Topliss-reactive ketones (excluding diaryl/α,β-unsaturated/α-hetero) is 1. The Morgan fingerprint density at radius 3 is 2.15 bits per heavy atom. The molecule has 8 heteroatoms. The lowest BCUT2D eigenvalue weighted by Gasteiger charge is -2.11. The average Bonchev–Trinajstić information content (AvgIpc) is 2.65. The number of methoxy groups -OCH3 is 2. The Labute approximate surface area is 148 Å². The van der Waals surface area contributed by atoms with Gasteiger partial charge in [0.2, 0.25) is 0 Å². The van der Waals surface area contributed by atoms with Crippen LogP contribution in [-0.2, 0) is 4.74 Å². The van der Waals surface area contributed by atoms with Gasteiger partial charge in [-0.3, -0.25) is 4.79 Å². The fourth-order valence-corrected chi connectivity index (χ4v) is 2.06. The SMILES string of the molecule is COc1ccc(C(=O)COC(=O)c2ccc(OC(F)F)c(OC)c2)cc1. The lowest BCUT2D eigenvalue weighted by atomic mass is 10.1. The molecule has 0 aliphatic carbocycles. The van der Waals surface area contributed by atoms with Gasteiger partial charge in [0, 0.05) is 5.56 Å². The summed E-state index contributed by atoms with van der Waals surface area (Å²) >= 11 is 0. The molecule has 0 saturated carbocycles. The molecule has 0 aromatic heterocycles. The molecular formula is C18H16F2O6. The maximum absolute atomic E-state index is 12.3. The Hall–Kier alpha value is -3.16. The average molecular weight is 366 g/mol. The number of benzene rings is 2. The van der Waals surface area contributed by atoms with Gasteiger partial charge in [-0.05, 0) is 42.5 Å². The highest BCUT2D eigenvalue weighted by Crippen LogP contribution is 2.29. The van der Waals surface area contributed by atoms with E-state index in [-0.39, 0.29) is 17.1 Å². The molecule has 0 unspecified atom stereocenters. The predicted octanol–water partition coefficient (Wildman–Crippen LogP) is 3.34. The molecule has 0 atom stereocenters. The summed E-state index contributed by atoms with van der Waals surface area (Å²) in [6, 6.07) is 9.91. The largest absolute Gasteiger partial charge is 0.497 e. The first-order chi connectivity index (χ1) is 12.4. The van der Waals surface area contributed by atoms with Gasteiger partial charge in [-0.25, -0.2) is 4.79 Å². The Morgan fingerprint density at radius 2 is 1.58 bits per heavy atom. The van der Waals surface area contributed by atoms with Gasteiger partial charge in [0.1, 0.15) is 5.75 Å². The molecule has 0 saturated heterocycles. The minimum absolute atomic E-state index is 0.0333. The molecule has 138 valence electrons. The predicted molar refractivity (Wildman–Crippen MR) is 87.2 cm³/mol. The Balaban J connectivity index is 2.01. The molecular weight excluding hydrogens is 350 g/mol. The van der Waals surface area contributed by atoms with Crippen LogP contribution in [0.4, 0.5) is 8.78 Å². The van der Waals surface area contributed by atoms with Gasteiger partial charge in [-0.1, -0.05) is 0 Å². The van der Waals surface area contributed by atoms with E-state index < -0.39 is 25.0 Å². The minimum Gasteiger partial charge on any atom is -0.497 e. The quantitative estimate of drug-likeness (QED) is 0.527. The van der Waals surface area contributed by atoms with Crippen LogP contribution in [0.5, 0.6) is 17.2 Å². The molecule has 0 aliphatic rings. The van der Waals surface area contributed by atoms with Gasteiger partial charge < -0.3 is 18.9 Å². The third-order valence-electron chi connectivity index (χ3n) is 3.36. The smallest absolute Gasteiger partial charge is 0.387 e. The van der Waals surface area contributed by atoms with Gasteiger partial charge >= 0.3 is 12.6 Å². The first kappa shape index (κ1) is 19.2. The fraction of sp³-hybridized carbons (Fsp3) is 0.222. The zero-order valence-corrected chi connectivity index (χ0v) is 14.0. The maximum Gasteiger partial charge on any atom is 0.387 e. The van der Waals surface area contributed by atoms with Crippen molar-refractivity contribution in [3.63, 3.8) is 0 Å². The Bertz CT molecular complexity index is 774. The molecule has 0 N–H and O–H groups in total. The number of carbonyl (C=O) groups is 2. The molecule has 0 spiro atoms. The molecule has 2 aromatic rings. The molecule has 0 bridgehead atoms. The van der Waals surface area contributed by atoms with Crippen LogP contribution in [-0.4, -0.2) is 39.2 Å². The molecule has 0 heterocycles. The van der Waals surface area contributed by atoms with Gasteiger partial charge in [-0.15, -0.1) is 0 Å². The highest BCUT2D eigenvalue weighted by atomic mass is 19.3. The van der Waals surface area contributed by atoms with Crippen molar-refractivity contribution in [3.8, 4) is 17.2 Å². The molecule has 2 aromatic carbocycles.